The molecule has 1 N–H and O–H groups in total. The topological polar surface area (TPSA) is 46.5 Å². The molecule has 18 heavy (non-hydrogen) atoms. The second kappa shape index (κ2) is 5.17. The van der Waals surface area contributed by atoms with Crippen molar-refractivity contribution < 1.29 is 50.2 Å². The summed E-state index contributed by atoms with van der Waals surface area (Å²) >= 11 is 0. The summed E-state index contributed by atoms with van der Waals surface area (Å²) in [4.78, 5) is 10.8. The molecule has 0 spiro atoms. The maximum absolute atomic E-state index is 12.6. The Kier molecular flexibility index (Phi) is 4.26. The second-order valence-corrected chi connectivity index (χ2v) is 3.48. The summed E-state index contributed by atoms with van der Waals surface area (Å²) in [6.45, 7) is 0. The fourth-order valence-corrected chi connectivity index (χ4v) is 1.56. The SMILES string of the molecule is O=C(O)C1=Cc2ccccc2OC1C(F)(F)F.[Au]. The summed E-state index contributed by atoms with van der Waals surface area (Å²) < 4.78 is 42.5. The largest absolute Gasteiger partial charge is 0.478 e. The van der Waals surface area contributed by atoms with Crippen molar-refractivity contribution in [3.63, 3.8) is 0 Å². The van der Waals surface area contributed by atoms with Gasteiger partial charge in [-0.2, -0.15) is 13.2 Å². The molecule has 1 aromatic rings. The fraction of sp³-hybridized carbons (Fsp3) is 0.182. The Labute approximate surface area is 116 Å². The standard InChI is InChI=1S/C11H7F3O3.Au/c12-11(13,14)9-7(10(15)16)5-6-3-1-2-4-8(6)17-9;/h1-5,9H,(H,15,16);. The predicted octanol–water partition coefficient (Wildman–Crippen LogP) is 2.48. The van der Waals surface area contributed by atoms with Crippen LogP contribution in [0.2, 0.25) is 0 Å². The summed E-state index contributed by atoms with van der Waals surface area (Å²) in [5, 5.41) is 8.75. The molecule has 101 valence electrons. The molecule has 0 aliphatic carbocycles. The molecule has 7 heteroatoms. The quantitative estimate of drug-likeness (QED) is 0.682. The molecule has 1 aliphatic rings. The van der Waals surface area contributed by atoms with Crippen LogP contribution in [0, 0.1) is 0 Å². The molecule has 0 aromatic heterocycles. The minimum Gasteiger partial charge on any atom is -0.478 e. The maximum Gasteiger partial charge on any atom is 0.430 e. The zero-order valence-corrected chi connectivity index (χ0v) is 10.8. The zero-order chi connectivity index (χ0) is 12.6. The van der Waals surface area contributed by atoms with Gasteiger partial charge in [-0.15, -0.1) is 0 Å². The molecule has 0 saturated carbocycles. The van der Waals surface area contributed by atoms with Gasteiger partial charge in [-0.25, -0.2) is 4.79 Å². The monoisotopic (exact) mass is 441 g/mol. The number of ether oxygens (including phenoxy) is 1. The van der Waals surface area contributed by atoms with Crippen molar-refractivity contribution in [1.82, 2.24) is 0 Å². The first-order valence-electron chi connectivity index (χ1n) is 4.67. The van der Waals surface area contributed by atoms with Crippen molar-refractivity contribution in [2.45, 2.75) is 12.3 Å². The first kappa shape index (κ1) is 14.8. The van der Waals surface area contributed by atoms with Gasteiger partial charge >= 0.3 is 12.1 Å². The number of alkyl halides is 3. The van der Waals surface area contributed by atoms with E-state index in [0.717, 1.165) is 6.08 Å². The van der Waals surface area contributed by atoms with Gasteiger partial charge in [0, 0.05) is 27.9 Å². The minimum absolute atomic E-state index is 0. The number of rotatable bonds is 1. The van der Waals surface area contributed by atoms with Gasteiger partial charge < -0.3 is 9.84 Å². The van der Waals surface area contributed by atoms with Crippen LogP contribution in [0.25, 0.3) is 6.08 Å². The first-order chi connectivity index (χ1) is 7.89. The third-order valence-corrected chi connectivity index (χ3v) is 2.30. The van der Waals surface area contributed by atoms with E-state index in [1.807, 2.05) is 0 Å². The van der Waals surface area contributed by atoms with Crippen molar-refractivity contribution >= 4 is 12.0 Å². The summed E-state index contributed by atoms with van der Waals surface area (Å²) in [5.74, 6) is -1.61. The zero-order valence-electron chi connectivity index (χ0n) is 8.66. The summed E-state index contributed by atoms with van der Waals surface area (Å²) in [5.41, 5.74) is -0.485. The average Bonchev–Trinajstić information content (AvgIpc) is 2.26. The summed E-state index contributed by atoms with van der Waals surface area (Å²) in [6, 6.07) is 5.96. The van der Waals surface area contributed by atoms with Crippen molar-refractivity contribution in [1.29, 1.82) is 0 Å². The Morgan fingerprint density at radius 3 is 2.44 bits per heavy atom. The molecule has 0 bridgehead atoms. The van der Waals surface area contributed by atoms with E-state index in [4.69, 9.17) is 9.84 Å². The van der Waals surface area contributed by atoms with E-state index in [-0.39, 0.29) is 28.1 Å². The Bertz CT molecular complexity index is 497. The van der Waals surface area contributed by atoms with E-state index in [1.54, 1.807) is 6.07 Å². The molecule has 1 heterocycles. The number of benzene rings is 1. The number of halogens is 3. The van der Waals surface area contributed by atoms with E-state index in [1.165, 1.54) is 18.2 Å². The molecule has 1 aliphatic heterocycles. The number of carboxylic acid groups (broad SMARTS) is 1. The van der Waals surface area contributed by atoms with Crippen LogP contribution in [0.5, 0.6) is 5.75 Å². The Morgan fingerprint density at radius 2 is 1.89 bits per heavy atom. The van der Waals surface area contributed by atoms with Crippen LogP contribution in [0.4, 0.5) is 13.2 Å². The van der Waals surface area contributed by atoms with Crippen molar-refractivity contribution in [3.8, 4) is 5.75 Å². The van der Waals surface area contributed by atoms with Crippen molar-refractivity contribution in [2.24, 2.45) is 0 Å². The third-order valence-electron chi connectivity index (χ3n) is 2.30. The normalized spacial score (nSPS) is 17.9. The number of carboxylic acids is 1. The van der Waals surface area contributed by atoms with Crippen LogP contribution in [-0.4, -0.2) is 23.4 Å². The Morgan fingerprint density at radius 1 is 1.28 bits per heavy atom. The molecular formula is C11H7AuF3O3. The number of fused-ring (bicyclic) bond motifs is 1. The van der Waals surface area contributed by atoms with Crippen LogP contribution in [-0.2, 0) is 27.2 Å². The van der Waals surface area contributed by atoms with E-state index in [9.17, 15) is 18.0 Å². The van der Waals surface area contributed by atoms with Crippen molar-refractivity contribution in [2.75, 3.05) is 0 Å². The molecule has 1 radical (unpaired) electrons. The molecule has 1 unspecified atom stereocenters. The predicted molar refractivity (Wildman–Crippen MR) is 52.5 cm³/mol. The van der Waals surface area contributed by atoms with Gasteiger partial charge in [0.1, 0.15) is 5.75 Å². The number of hydrogen-bond donors (Lipinski definition) is 1. The van der Waals surface area contributed by atoms with E-state index >= 15 is 0 Å². The van der Waals surface area contributed by atoms with Crippen LogP contribution in [0.1, 0.15) is 5.56 Å². The number of carbonyl (C=O) groups is 1. The van der Waals surface area contributed by atoms with Crippen LogP contribution >= 0.6 is 0 Å². The maximum atomic E-state index is 12.6. The minimum atomic E-state index is -4.75. The molecule has 0 saturated heterocycles. The molecular weight excluding hydrogens is 434 g/mol. The van der Waals surface area contributed by atoms with Gasteiger partial charge in [0.05, 0.1) is 5.57 Å². The van der Waals surface area contributed by atoms with Crippen LogP contribution in [0.3, 0.4) is 0 Å². The van der Waals surface area contributed by atoms with Gasteiger partial charge in [0.2, 0.25) is 6.10 Å². The fourth-order valence-electron chi connectivity index (χ4n) is 1.56. The third kappa shape index (κ3) is 2.77. The van der Waals surface area contributed by atoms with Crippen LogP contribution in [0.15, 0.2) is 29.8 Å². The van der Waals surface area contributed by atoms with Crippen LogP contribution < -0.4 is 4.74 Å². The Hall–Kier alpha value is -1.24. The summed E-state index contributed by atoms with van der Waals surface area (Å²) in [6.07, 6.45) is -6.19. The number of aliphatic carboxylic acids is 1. The van der Waals surface area contributed by atoms with Gasteiger partial charge in [-0.3, -0.25) is 0 Å². The van der Waals surface area contributed by atoms with E-state index in [0.29, 0.717) is 5.56 Å². The molecule has 3 nitrogen and oxygen atoms in total. The smallest absolute Gasteiger partial charge is 0.430 e. The molecule has 1 aromatic carbocycles. The molecule has 2 rings (SSSR count). The Balaban J connectivity index is 0.00000162. The molecule has 1 atom stereocenters. The number of hydrogen-bond acceptors (Lipinski definition) is 2. The van der Waals surface area contributed by atoms with Gasteiger partial charge in [-0.05, 0) is 12.1 Å². The van der Waals surface area contributed by atoms with Crippen molar-refractivity contribution in [3.05, 3.63) is 35.4 Å². The summed E-state index contributed by atoms with van der Waals surface area (Å²) in [7, 11) is 0. The first-order valence-corrected chi connectivity index (χ1v) is 4.67. The number of para-hydroxylation sites is 1. The molecule has 0 fully saturated rings. The van der Waals surface area contributed by atoms with Gasteiger partial charge in [0.25, 0.3) is 0 Å². The van der Waals surface area contributed by atoms with E-state index < -0.39 is 23.8 Å². The van der Waals surface area contributed by atoms with Gasteiger partial charge in [0.15, 0.2) is 0 Å². The van der Waals surface area contributed by atoms with E-state index in [2.05, 4.69) is 0 Å². The second-order valence-electron chi connectivity index (χ2n) is 3.48. The van der Waals surface area contributed by atoms with Gasteiger partial charge in [-0.1, -0.05) is 18.2 Å². The average molecular weight is 441 g/mol. The molecule has 0 amide bonds.